The van der Waals surface area contributed by atoms with E-state index in [1.54, 1.807) is 14.2 Å². The lowest BCUT2D eigenvalue weighted by Crippen LogP contribution is -2.39. The van der Waals surface area contributed by atoms with Crippen molar-refractivity contribution in [1.82, 2.24) is 15.2 Å². The zero-order chi connectivity index (χ0) is 20.1. The van der Waals surface area contributed by atoms with Gasteiger partial charge in [-0.25, -0.2) is 0 Å². The Balaban J connectivity index is 1.63. The van der Waals surface area contributed by atoms with E-state index in [4.69, 9.17) is 9.47 Å². The van der Waals surface area contributed by atoms with Crippen molar-refractivity contribution < 1.29 is 9.47 Å². The van der Waals surface area contributed by atoms with Gasteiger partial charge in [0.25, 0.3) is 0 Å². The standard InChI is InChI=1S/C22H30N4O2/c1-15-12-24-20(16(2)21(15)28-5)13-25-22(23-3)26-11-10-18(14-26)17-6-8-19(27-4)9-7-17/h6-9,12,18H,10-11,13-14H2,1-5H3,(H,23,25). The SMILES string of the molecule is CN=C(NCc1ncc(C)c(OC)c1C)N1CCC(c2ccc(OC)cc2)C1. The van der Waals surface area contributed by atoms with Crippen LogP contribution >= 0.6 is 0 Å². The normalized spacial score (nSPS) is 17.0. The summed E-state index contributed by atoms with van der Waals surface area (Å²) >= 11 is 0. The third-order valence-corrected chi connectivity index (χ3v) is 5.45. The van der Waals surface area contributed by atoms with Gasteiger partial charge in [-0.15, -0.1) is 0 Å². The average Bonchev–Trinajstić information content (AvgIpc) is 3.20. The number of hydrogen-bond donors (Lipinski definition) is 1. The minimum Gasteiger partial charge on any atom is -0.497 e. The number of nitrogens with one attached hydrogen (secondary N) is 1. The van der Waals surface area contributed by atoms with Gasteiger partial charge in [0.15, 0.2) is 5.96 Å². The van der Waals surface area contributed by atoms with Crippen LogP contribution in [0.4, 0.5) is 0 Å². The van der Waals surface area contributed by atoms with E-state index in [1.165, 1.54) is 5.56 Å². The Labute approximate surface area is 167 Å². The number of guanidine groups is 1. The Bertz CT molecular complexity index is 833. The molecule has 1 aromatic carbocycles. The molecule has 1 fully saturated rings. The van der Waals surface area contributed by atoms with Gasteiger partial charge in [-0.1, -0.05) is 12.1 Å². The van der Waals surface area contributed by atoms with Crippen LogP contribution in [-0.2, 0) is 6.54 Å². The molecule has 0 saturated carbocycles. The van der Waals surface area contributed by atoms with Gasteiger partial charge in [0.1, 0.15) is 11.5 Å². The number of methoxy groups -OCH3 is 2. The number of nitrogens with zero attached hydrogens (tertiary/aromatic N) is 3. The molecule has 1 aliphatic heterocycles. The van der Waals surface area contributed by atoms with E-state index < -0.39 is 0 Å². The van der Waals surface area contributed by atoms with Gasteiger partial charge < -0.3 is 19.7 Å². The second-order valence-corrected chi connectivity index (χ2v) is 7.15. The summed E-state index contributed by atoms with van der Waals surface area (Å²) in [5.74, 6) is 3.22. The fourth-order valence-corrected chi connectivity index (χ4v) is 3.85. The number of likely N-dealkylation sites (tertiary alicyclic amines) is 1. The van der Waals surface area contributed by atoms with Gasteiger partial charge in [-0.05, 0) is 38.0 Å². The Morgan fingerprint density at radius 3 is 2.61 bits per heavy atom. The van der Waals surface area contributed by atoms with Gasteiger partial charge >= 0.3 is 0 Å². The van der Waals surface area contributed by atoms with Crippen LogP contribution in [0.2, 0.25) is 0 Å². The summed E-state index contributed by atoms with van der Waals surface area (Å²) in [6.07, 6.45) is 2.98. The summed E-state index contributed by atoms with van der Waals surface area (Å²) in [7, 11) is 5.23. The average molecular weight is 383 g/mol. The fraction of sp³-hybridized carbons (Fsp3) is 0.455. The summed E-state index contributed by atoms with van der Waals surface area (Å²) < 4.78 is 10.8. The molecule has 6 heteroatoms. The molecule has 150 valence electrons. The lowest BCUT2D eigenvalue weighted by molar-refractivity contribution is 0.406. The maximum absolute atomic E-state index is 5.51. The quantitative estimate of drug-likeness (QED) is 0.635. The van der Waals surface area contributed by atoms with Gasteiger partial charge in [-0.2, -0.15) is 0 Å². The first-order valence-corrected chi connectivity index (χ1v) is 9.66. The molecular weight excluding hydrogens is 352 g/mol. The molecule has 2 aromatic rings. The number of aliphatic imine (C=N–C) groups is 1. The molecule has 3 rings (SSSR count). The van der Waals surface area contributed by atoms with Crippen LogP contribution in [-0.4, -0.2) is 50.2 Å². The lowest BCUT2D eigenvalue weighted by Gasteiger charge is -2.22. The smallest absolute Gasteiger partial charge is 0.193 e. The van der Waals surface area contributed by atoms with E-state index >= 15 is 0 Å². The number of pyridine rings is 1. The van der Waals surface area contributed by atoms with Crippen LogP contribution in [0.5, 0.6) is 11.5 Å². The van der Waals surface area contributed by atoms with E-state index in [-0.39, 0.29) is 0 Å². The predicted molar refractivity (Wildman–Crippen MR) is 112 cm³/mol. The molecule has 28 heavy (non-hydrogen) atoms. The van der Waals surface area contributed by atoms with Crippen molar-refractivity contribution in [2.24, 2.45) is 4.99 Å². The van der Waals surface area contributed by atoms with Crippen LogP contribution in [0, 0.1) is 13.8 Å². The third-order valence-electron chi connectivity index (χ3n) is 5.45. The Hall–Kier alpha value is -2.76. The summed E-state index contributed by atoms with van der Waals surface area (Å²) in [6, 6.07) is 8.39. The second-order valence-electron chi connectivity index (χ2n) is 7.15. The van der Waals surface area contributed by atoms with Crippen molar-refractivity contribution in [2.75, 3.05) is 34.4 Å². The maximum atomic E-state index is 5.51. The molecule has 1 atom stereocenters. The number of benzene rings is 1. The summed E-state index contributed by atoms with van der Waals surface area (Å²) in [5.41, 5.74) is 4.45. The minimum absolute atomic E-state index is 0.504. The summed E-state index contributed by atoms with van der Waals surface area (Å²) in [5, 5.41) is 3.47. The first-order chi connectivity index (χ1) is 13.6. The van der Waals surface area contributed by atoms with Gasteiger partial charge in [-0.3, -0.25) is 9.98 Å². The Morgan fingerprint density at radius 1 is 1.21 bits per heavy atom. The predicted octanol–water partition coefficient (Wildman–Crippen LogP) is 3.28. The van der Waals surface area contributed by atoms with E-state index in [0.717, 1.165) is 53.8 Å². The number of aromatic nitrogens is 1. The van der Waals surface area contributed by atoms with Gasteiger partial charge in [0.05, 0.1) is 26.5 Å². The molecule has 2 heterocycles. The van der Waals surface area contributed by atoms with Crippen molar-refractivity contribution in [3.05, 3.63) is 52.8 Å². The Morgan fingerprint density at radius 2 is 1.96 bits per heavy atom. The number of ether oxygens (including phenoxy) is 2. The number of rotatable bonds is 5. The molecule has 0 amide bonds. The molecule has 1 unspecified atom stereocenters. The highest BCUT2D eigenvalue weighted by Crippen LogP contribution is 2.29. The number of aryl methyl sites for hydroxylation is 1. The zero-order valence-corrected chi connectivity index (χ0v) is 17.5. The van der Waals surface area contributed by atoms with Crippen molar-refractivity contribution >= 4 is 5.96 Å². The van der Waals surface area contributed by atoms with E-state index in [0.29, 0.717) is 12.5 Å². The highest BCUT2D eigenvalue weighted by Gasteiger charge is 2.26. The largest absolute Gasteiger partial charge is 0.497 e. The van der Waals surface area contributed by atoms with E-state index in [9.17, 15) is 0 Å². The van der Waals surface area contributed by atoms with Crippen LogP contribution < -0.4 is 14.8 Å². The Kier molecular flexibility index (Phi) is 6.39. The highest BCUT2D eigenvalue weighted by atomic mass is 16.5. The second kappa shape index (κ2) is 8.95. The van der Waals surface area contributed by atoms with Crippen LogP contribution in [0.3, 0.4) is 0 Å². The fourth-order valence-electron chi connectivity index (χ4n) is 3.85. The molecule has 0 bridgehead atoms. The third kappa shape index (κ3) is 4.21. The summed E-state index contributed by atoms with van der Waals surface area (Å²) in [4.78, 5) is 11.4. The van der Waals surface area contributed by atoms with E-state index in [2.05, 4.69) is 32.3 Å². The van der Waals surface area contributed by atoms with Gasteiger partial charge in [0.2, 0.25) is 0 Å². The molecule has 0 spiro atoms. The maximum Gasteiger partial charge on any atom is 0.193 e. The van der Waals surface area contributed by atoms with Crippen molar-refractivity contribution in [1.29, 1.82) is 0 Å². The molecule has 1 saturated heterocycles. The van der Waals surface area contributed by atoms with Crippen LogP contribution in [0.15, 0.2) is 35.5 Å². The molecular formula is C22H30N4O2. The summed E-state index contributed by atoms with van der Waals surface area (Å²) in [6.45, 7) is 6.63. The van der Waals surface area contributed by atoms with Crippen LogP contribution in [0.1, 0.15) is 34.7 Å². The zero-order valence-electron chi connectivity index (χ0n) is 17.5. The molecule has 1 N–H and O–H groups in total. The highest BCUT2D eigenvalue weighted by molar-refractivity contribution is 5.80. The lowest BCUT2D eigenvalue weighted by atomic mass is 9.98. The molecule has 6 nitrogen and oxygen atoms in total. The van der Waals surface area contributed by atoms with E-state index in [1.807, 2.05) is 39.2 Å². The molecule has 0 aliphatic carbocycles. The van der Waals surface area contributed by atoms with Crippen LogP contribution in [0.25, 0.3) is 0 Å². The first kappa shape index (κ1) is 20.0. The van der Waals surface area contributed by atoms with Crippen molar-refractivity contribution in [3.63, 3.8) is 0 Å². The van der Waals surface area contributed by atoms with Crippen molar-refractivity contribution in [3.8, 4) is 11.5 Å². The molecule has 1 aliphatic rings. The monoisotopic (exact) mass is 382 g/mol. The first-order valence-electron chi connectivity index (χ1n) is 9.66. The molecule has 1 aromatic heterocycles. The topological polar surface area (TPSA) is 59.0 Å². The minimum atomic E-state index is 0.504. The molecule has 0 radical (unpaired) electrons. The number of hydrogen-bond acceptors (Lipinski definition) is 4. The van der Waals surface area contributed by atoms with Crippen molar-refractivity contribution in [2.45, 2.75) is 32.7 Å². The van der Waals surface area contributed by atoms with Gasteiger partial charge in [0, 0.05) is 43.4 Å².